The minimum atomic E-state index is -0.961. The average Bonchev–Trinajstić information content (AvgIpc) is 3.93. The third-order valence-corrected chi connectivity index (χ3v) is 8.13. The lowest BCUT2D eigenvalue weighted by molar-refractivity contribution is -0.690. The maximum absolute atomic E-state index is 11.6. The maximum Gasteiger partial charge on any atom is 0.384 e. The Kier molecular flexibility index (Phi) is 18.3. The molecule has 0 saturated carbocycles. The van der Waals surface area contributed by atoms with Gasteiger partial charge in [-0.25, -0.2) is 18.7 Å². The summed E-state index contributed by atoms with van der Waals surface area (Å²) in [5.41, 5.74) is 0.943. The quantitative estimate of drug-likeness (QED) is 0.113. The molecule has 6 aromatic rings. The van der Waals surface area contributed by atoms with E-state index in [-0.39, 0.29) is 34.6 Å². The zero-order valence-corrected chi connectivity index (χ0v) is 36.2. The Bertz CT molecular complexity index is 2460. The molecule has 16 heteroatoms. The number of likely N-dealkylation sites (N-methyl/N-ethyl adjacent to an activating group) is 2. The number of aryl methyl sites for hydroxylation is 2. The fourth-order valence-corrected chi connectivity index (χ4v) is 5.44. The Hall–Kier alpha value is -7.36. The highest BCUT2D eigenvalue weighted by atomic mass is 16.3. The summed E-state index contributed by atoms with van der Waals surface area (Å²) in [5.74, 6) is -0.322. The molecule has 2 N–H and O–H groups in total. The molecule has 0 spiro atoms. The van der Waals surface area contributed by atoms with Crippen molar-refractivity contribution in [1.82, 2.24) is 8.80 Å². The number of hydrogen-bond acceptors (Lipinski definition) is 8. The van der Waals surface area contributed by atoms with Gasteiger partial charge in [-0.05, 0) is 24.3 Å². The minimum absolute atomic E-state index is 0.0110. The summed E-state index contributed by atoms with van der Waals surface area (Å²) < 4.78 is 36.7. The Morgan fingerprint density at radius 3 is 1.18 bits per heavy atom. The monoisotopic (exact) mass is 834 g/mol. The molecular weight excluding hydrogens is 769 g/mol. The number of fused-ring (bicyclic) bond motifs is 4. The molecule has 0 atom stereocenters. The van der Waals surface area contributed by atoms with Crippen molar-refractivity contribution < 1.29 is 63.4 Å². The minimum Gasteiger partial charge on any atom is -0.839 e. The number of anilines is 2. The van der Waals surface area contributed by atoms with Crippen molar-refractivity contribution >= 4 is 58.7 Å². The van der Waals surface area contributed by atoms with Crippen molar-refractivity contribution in [3.63, 3.8) is 0 Å². The molecule has 8 rings (SSSR count). The van der Waals surface area contributed by atoms with Crippen LogP contribution < -0.4 is 38.3 Å². The maximum atomic E-state index is 11.6. The van der Waals surface area contributed by atoms with Crippen molar-refractivity contribution in [1.29, 1.82) is 0 Å². The van der Waals surface area contributed by atoms with E-state index in [2.05, 4.69) is 0 Å². The third-order valence-electron chi connectivity index (χ3n) is 8.13. The van der Waals surface area contributed by atoms with E-state index >= 15 is 0 Å². The van der Waals surface area contributed by atoms with Gasteiger partial charge in [-0.2, -0.15) is 27.7 Å². The van der Waals surface area contributed by atoms with E-state index in [1.54, 1.807) is 126 Å². The molecule has 60 heavy (non-hydrogen) atoms. The predicted molar refractivity (Wildman–Crippen MR) is 226 cm³/mol. The molecule has 2 amide bonds. The molecule has 0 aliphatic carbocycles. The first-order chi connectivity index (χ1) is 30.5. The molecule has 0 unspecified atom stereocenters. The van der Waals surface area contributed by atoms with Gasteiger partial charge in [0.1, 0.15) is 29.7 Å². The number of aliphatic hydroxyl groups is 2. The second-order valence-corrected chi connectivity index (χ2v) is 11.0. The van der Waals surface area contributed by atoms with E-state index in [1.165, 1.54) is 36.9 Å². The lowest BCUT2D eigenvalue weighted by Crippen LogP contribution is -2.30. The number of aliphatic hydroxyl groups excluding tert-OH is 2. The number of imidazole rings is 2. The third kappa shape index (κ3) is 10.6. The summed E-state index contributed by atoms with van der Waals surface area (Å²) in [6.07, 6.45) is 3.12. The van der Waals surface area contributed by atoms with Crippen molar-refractivity contribution in [2.24, 2.45) is 14.1 Å². The van der Waals surface area contributed by atoms with Crippen molar-refractivity contribution in [2.75, 3.05) is 23.9 Å². The van der Waals surface area contributed by atoms with Crippen LogP contribution in [-0.4, -0.2) is 57.4 Å². The number of carbonyl (C=O) groups is 4. The number of carbonyl (C=O) groups excluding carboxylic acids is 4. The topological polar surface area (TPSA) is 186 Å². The van der Waals surface area contributed by atoms with E-state index < -0.39 is 36.8 Å². The number of nitrogens with zero attached hydrogens (tertiary/aromatic N) is 8. The predicted octanol–water partition coefficient (Wildman–Crippen LogP) is 4.02. The Morgan fingerprint density at radius 1 is 0.567 bits per heavy atom. The van der Waals surface area contributed by atoms with Crippen molar-refractivity contribution in [2.45, 2.75) is 55.4 Å². The highest BCUT2D eigenvalue weighted by Gasteiger charge is 2.39. The summed E-state index contributed by atoms with van der Waals surface area (Å²) in [4.78, 5) is 47.8. The van der Waals surface area contributed by atoms with Crippen LogP contribution in [0.2, 0.25) is 0 Å². The van der Waals surface area contributed by atoms with Gasteiger partial charge in [-0.3, -0.25) is 9.59 Å². The van der Waals surface area contributed by atoms with Gasteiger partial charge in [-0.15, -0.1) is 0 Å². The Labute approximate surface area is 356 Å². The molecule has 0 saturated heterocycles. The van der Waals surface area contributed by atoms with E-state index in [0.717, 1.165) is 0 Å². The van der Waals surface area contributed by atoms with E-state index in [4.69, 9.17) is 15.7 Å². The molecule has 16 nitrogen and oxygen atoms in total. The van der Waals surface area contributed by atoms with Crippen LogP contribution in [0.5, 0.6) is 11.8 Å². The first-order valence-electron chi connectivity index (χ1n) is 21.2. The standard InChI is InChI=1S/4C9H8N2O2.4C2H6/c4*1-10-8-4-2-3-5-11(8)7(6-12)9(10)13;4*1-2/h4*2-6H,1H3;4*1-2H3/p+2/i4*6T;;;;. The highest BCUT2D eigenvalue weighted by molar-refractivity contribution is 6.20. The molecule has 0 fully saturated rings. The summed E-state index contributed by atoms with van der Waals surface area (Å²) in [5, 5.41) is 41.2. The Morgan fingerprint density at radius 2 is 0.883 bits per heavy atom. The second-order valence-electron chi connectivity index (χ2n) is 11.0. The fourth-order valence-electron chi connectivity index (χ4n) is 5.44. The lowest BCUT2D eigenvalue weighted by atomic mass is 10.4. The molecule has 0 radical (unpaired) electrons. The normalized spacial score (nSPS) is 14.1. The second kappa shape index (κ2) is 25.1. The SMILES string of the molecule is CC.CC.CC.CC.[3H]/C(O)=C1\C(=O)N(C)c2cccc[n+]21.[3H]/C(O)=C1\C(=O)N(C)c2cccc[n+]21.[3H]C(=O)c1c([O-])[n+](C)c2ccccn12.[3H]C(=O)c1c([O-])[n+](C)c2ccccn12. The molecule has 0 aromatic carbocycles. The summed E-state index contributed by atoms with van der Waals surface area (Å²) in [7, 11) is 6.35. The van der Waals surface area contributed by atoms with Crippen LogP contribution in [-0.2, 0) is 23.7 Å². The van der Waals surface area contributed by atoms with Gasteiger partial charge < -0.3 is 20.4 Å². The van der Waals surface area contributed by atoms with Crippen molar-refractivity contribution in [3.05, 3.63) is 121 Å². The van der Waals surface area contributed by atoms with Crippen LogP contribution in [0.1, 0.15) is 81.8 Å². The highest BCUT2D eigenvalue weighted by Crippen LogP contribution is 2.19. The molecule has 2 aliphatic rings. The van der Waals surface area contributed by atoms with Gasteiger partial charge >= 0.3 is 11.8 Å². The average molecular weight is 835 g/mol. The van der Waals surface area contributed by atoms with Gasteiger partial charge in [-0.1, -0.05) is 79.7 Å². The number of amides is 2. The lowest BCUT2D eigenvalue weighted by Gasteiger charge is -1.96. The Balaban J connectivity index is 0.000000405. The van der Waals surface area contributed by atoms with Crippen LogP contribution >= 0.6 is 0 Å². The number of rotatable bonds is 2. The molecule has 2 aliphatic heterocycles. The van der Waals surface area contributed by atoms with Crippen LogP contribution in [0.3, 0.4) is 0 Å². The summed E-state index contributed by atoms with van der Waals surface area (Å²) in [6, 6.07) is 20.9. The van der Waals surface area contributed by atoms with Gasteiger partial charge in [0, 0.05) is 24.3 Å². The van der Waals surface area contributed by atoms with Crippen LogP contribution in [0.4, 0.5) is 11.6 Å². The molecule has 6 aromatic heterocycles. The molecule has 320 valence electrons. The van der Waals surface area contributed by atoms with Crippen LogP contribution in [0, 0.1) is 0 Å². The number of aromatic nitrogens is 6. The van der Waals surface area contributed by atoms with Gasteiger partial charge in [0.05, 0.1) is 53.0 Å². The summed E-state index contributed by atoms with van der Waals surface area (Å²) in [6.45, 7) is 16.0. The van der Waals surface area contributed by atoms with Crippen LogP contribution in [0.15, 0.2) is 110 Å². The zero-order valence-electron chi connectivity index (χ0n) is 40.2. The first kappa shape index (κ1) is 43.8. The smallest absolute Gasteiger partial charge is 0.384 e. The molecule has 8 heterocycles. The first-order valence-corrected chi connectivity index (χ1v) is 19.2. The number of aldehydes is 2. The molecular formula is C44H58N8O8+2. The molecule has 0 bridgehead atoms. The van der Waals surface area contributed by atoms with Crippen LogP contribution in [0.25, 0.3) is 22.7 Å². The van der Waals surface area contributed by atoms with Crippen molar-refractivity contribution in [3.8, 4) is 11.8 Å². The van der Waals surface area contributed by atoms with E-state index in [0.29, 0.717) is 22.9 Å². The fraction of sp³-hybridized carbons (Fsp3) is 0.273. The number of pyridine rings is 4. The van der Waals surface area contributed by atoms with Gasteiger partial charge in [0.25, 0.3) is 34.3 Å². The van der Waals surface area contributed by atoms with Gasteiger partial charge in [0.15, 0.2) is 12.5 Å². The van der Waals surface area contributed by atoms with E-state index in [9.17, 15) is 29.4 Å². The van der Waals surface area contributed by atoms with E-state index in [1.807, 2.05) is 55.4 Å². The largest absolute Gasteiger partial charge is 0.839 e. The van der Waals surface area contributed by atoms with Gasteiger partial charge in [0.2, 0.25) is 11.4 Å². The zero-order chi connectivity index (χ0) is 49.2. The summed E-state index contributed by atoms with van der Waals surface area (Å²) >= 11 is 0. The number of hydrogen-bond donors (Lipinski definition) is 2.